The number of hydrogen-bond acceptors (Lipinski definition) is 4. The van der Waals surface area contributed by atoms with Crippen LogP contribution in [0.25, 0.3) is 28.5 Å². The van der Waals surface area contributed by atoms with Crippen molar-refractivity contribution >= 4 is 17.7 Å². The number of fused-ring (bicyclic) bond motifs is 1. The third-order valence-corrected chi connectivity index (χ3v) is 6.31. The molecule has 1 aliphatic heterocycles. The van der Waals surface area contributed by atoms with Crippen LogP contribution in [-0.2, 0) is 6.42 Å². The zero-order valence-electron chi connectivity index (χ0n) is 19.9. The van der Waals surface area contributed by atoms with Gasteiger partial charge in [0.1, 0.15) is 18.0 Å². The van der Waals surface area contributed by atoms with E-state index in [0.717, 1.165) is 27.9 Å². The number of phenolic OH excluding ortho intramolecular Hbond substituents is 1. The van der Waals surface area contributed by atoms with Crippen molar-refractivity contribution in [2.45, 2.75) is 19.4 Å². The molecule has 6 nitrogen and oxygen atoms in total. The molecular weight excluding hydrogens is 450 g/mol. The molecule has 0 fully saturated rings. The number of nitrogens with zero attached hydrogens (tertiary/aromatic N) is 1. The molecule has 6 heteroatoms. The minimum absolute atomic E-state index is 0.0325. The van der Waals surface area contributed by atoms with E-state index in [0.29, 0.717) is 24.3 Å². The zero-order chi connectivity index (χ0) is 25.1. The quantitative estimate of drug-likeness (QED) is 0.356. The summed E-state index contributed by atoms with van der Waals surface area (Å²) < 4.78 is 0. The fraction of sp³-hybridized carbons (Fsp3) is 0.133. The number of hydroxylamine groups is 1. The first-order chi connectivity index (χ1) is 17.5. The lowest BCUT2D eigenvalue weighted by Crippen LogP contribution is -3.02. The van der Waals surface area contributed by atoms with Crippen LogP contribution in [0.1, 0.15) is 28.5 Å². The third kappa shape index (κ3) is 4.91. The van der Waals surface area contributed by atoms with Gasteiger partial charge in [0.15, 0.2) is 5.69 Å². The van der Waals surface area contributed by atoms with Gasteiger partial charge >= 0.3 is 0 Å². The van der Waals surface area contributed by atoms with Crippen molar-refractivity contribution in [3.05, 3.63) is 113 Å². The minimum Gasteiger partial charge on any atom is -0.629 e. The molecule has 36 heavy (non-hydrogen) atoms. The number of quaternary nitrogens is 1. The molecule has 2 atom stereocenters. The first-order valence-electron chi connectivity index (χ1n) is 12.0. The fourth-order valence-corrected chi connectivity index (χ4v) is 4.49. The number of hydrogen-bond donors (Lipinski definition) is 3. The molecule has 1 aromatic heterocycles. The van der Waals surface area contributed by atoms with E-state index in [1.165, 1.54) is 6.07 Å². The average molecular weight is 478 g/mol. The highest BCUT2D eigenvalue weighted by Gasteiger charge is 2.20. The van der Waals surface area contributed by atoms with Crippen LogP contribution in [0.15, 0.2) is 91.0 Å². The Balaban J connectivity index is 1.39. The number of phenols is 1. The van der Waals surface area contributed by atoms with Gasteiger partial charge in [0.05, 0.1) is 11.3 Å². The monoisotopic (exact) mass is 477 g/mol. The van der Waals surface area contributed by atoms with E-state index in [4.69, 9.17) is 4.98 Å². The molecule has 1 amide bonds. The summed E-state index contributed by atoms with van der Waals surface area (Å²) in [4.78, 5) is 17.4. The number of nitrogens with one attached hydrogen (secondary N) is 2. The first-order valence-corrected chi connectivity index (χ1v) is 12.0. The summed E-state index contributed by atoms with van der Waals surface area (Å²) in [5.74, 6) is -0.333. The van der Waals surface area contributed by atoms with Gasteiger partial charge in [-0.1, -0.05) is 66.7 Å². The molecule has 3 aromatic carbocycles. The van der Waals surface area contributed by atoms with Crippen molar-refractivity contribution in [2.75, 3.05) is 6.54 Å². The number of carbonyl (C=O) groups is 1. The van der Waals surface area contributed by atoms with Gasteiger partial charge in [-0.2, -0.15) is 0 Å². The topological polar surface area (TPSA) is 89.7 Å². The van der Waals surface area contributed by atoms with Crippen LogP contribution in [-0.4, -0.2) is 28.6 Å². The Hall–Kier alpha value is -4.26. The van der Waals surface area contributed by atoms with Crippen LogP contribution < -0.4 is 10.4 Å². The third-order valence-electron chi connectivity index (χ3n) is 6.31. The molecule has 0 saturated heterocycles. The molecule has 0 spiro atoms. The van der Waals surface area contributed by atoms with E-state index in [-0.39, 0.29) is 28.3 Å². The Kier molecular flexibility index (Phi) is 6.62. The summed E-state index contributed by atoms with van der Waals surface area (Å²) in [5.41, 5.74) is 6.40. The molecule has 0 aliphatic carbocycles. The van der Waals surface area contributed by atoms with E-state index in [9.17, 15) is 15.1 Å². The number of aromatic hydroxyl groups is 1. The van der Waals surface area contributed by atoms with Crippen molar-refractivity contribution in [1.82, 2.24) is 10.3 Å². The van der Waals surface area contributed by atoms with Crippen molar-refractivity contribution in [1.29, 1.82) is 0 Å². The highest BCUT2D eigenvalue weighted by molar-refractivity contribution is 5.96. The van der Waals surface area contributed by atoms with E-state index in [1.54, 1.807) is 18.2 Å². The van der Waals surface area contributed by atoms with Crippen LogP contribution in [0.3, 0.4) is 0 Å². The lowest BCUT2D eigenvalue weighted by atomic mass is 9.96. The summed E-state index contributed by atoms with van der Waals surface area (Å²) >= 11 is 0. The Morgan fingerprint density at radius 2 is 1.75 bits per heavy atom. The average Bonchev–Trinajstić information content (AvgIpc) is 2.89. The smallest absolute Gasteiger partial charge is 0.255 e. The maximum atomic E-state index is 12.5. The molecule has 3 N–H and O–H groups in total. The molecule has 0 saturated carbocycles. The Labute approximate surface area is 210 Å². The van der Waals surface area contributed by atoms with Crippen molar-refractivity contribution in [3.63, 3.8) is 0 Å². The van der Waals surface area contributed by atoms with E-state index < -0.39 is 0 Å². The van der Waals surface area contributed by atoms with Gasteiger partial charge in [0.2, 0.25) is 0 Å². The molecule has 5 rings (SSSR count). The van der Waals surface area contributed by atoms with Gasteiger partial charge in [0, 0.05) is 23.2 Å². The van der Waals surface area contributed by atoms with Gasteiger partial charge < -0.3 is 20.7 Å². The van der Waals surface area contributed by atoms with Crippen LogP contribution in [0.5, 0.6) is 5.75 Å². The van der Waals surface area contributed by atoms with E-state index in [2.05, 4.69) is 5.32 Å². The lowest BCUT2D eigenvalue weighted by molar-refractivity contribution is -0.769. The Morgan fingerprint density at radius 3 is 2.50 bits per heavy atom. The minimum atomic E-state index is -0.300. The van der Waals surface area contributed by atoms with Gasteiger partial charge in [-0.25, -0.2) is 4.98 Å². The largest absolute Gasteiger partial charge is 0.629 e. The molecule has 4 aromatic rings. The van der Waals surface area contributed by atoms with E-state index in [1.807, 2.05) is 79.7 Å². The molecule has 180 valence electrons. The number of carbonyl (C=O) groups excluding carboxylic acids is 1. The van der Waals surface area contributed by atoms with Crippen molar-refractivity contribution in [2.24, 2.45) is 0 Å². The predicted octanol–water partition coefficient (Wildman–Crippen LogP) is 4.52. The SMILES string of the molecule is CC(Cc1ccc(-c2nc3c(cc2-c2ccccc2)[NH+]([O-])CC=C3)cc1)NC(=O)c1ccccc1O. The summed E-state index contributed by atoms with van der Waals surface area (Å²) in [7, 11) is 0. The number of benzene rings is 3. The fourth-order valence-electron chi connectivity index (χ4n) is 4.49. The van der Waals surface area contributed by atoms with Crippen LogP contribution >= 0.6 is 0 Å². The maximum absolute atomic E-state index is 12.5. The summed E-state index contributed by atoms with van der Waals surface area (Å²) in [6, 6.07) is 26.5. The van der Waals surface area contributed by atoms with E-state index >= 15 is 0 Å². The molecule has 0 radical (unpaired) electrons. The zero-order valence-corrected chi connectivity index (χ0v) is 19.9. The number of para-hydroxylation sites is 1. The number of aromatic nitrogens is 1. The molecule has 2 heterocycles. The van der Waals surface area contributed by atoms with Gasteiger partial charge in [-0.3, -0.25) is 4.79 Å². The predicted molar refractivity (Wildman–Crippen MR) is 142 cm³/mol. The van der Waals surface area contributed by atoms with Crippen LogP contribution in [0.2, 0.25) is 0 Å². The van der Waals surface area contributed by atoms with Gasteiger partial charge in [-0.05, 0) is 48.8 Å². The highest BCUT2D eigenvalue weighted by atomic mass is 16.5. The first kappa shape index (κ1) is 23.5. The van der Waals surface area contributed by atoms with Crippen LogP contribution in [0.4, 0.5) is 5.69 Å². The second-order valence-corrected chi connectivity index (χ2v) is 9.01. The maximum Gasteiger partial charge on any atom is 0.255 e. The Morgan fingerprint density at radius 1 is 1.03 bits per heavy atom. The molecular formula is C30H27N3O3. The molecule has 0 bridgehead atoms. The summed E-state index contributed by atoms with van der Waals surface area (Å²) in [6.07, 6.45) is 4.41. The number of rotatable bonds is 6. The number of pyridine rings is 1. The number of amides is 1. The highest BCUT2D eigenvalue weighted by Crippen LogP contribution is 2.34. The van der Waals surface area contributed by atoms with Crippen LogP contribution in [0, 0.1) is 5.21 Å². The summed E-state index contributed by atoms with van der Waals surface area (Å²) in [6.45, 7) is 2.34. The Bertz CT molecular complexity index is 1420. The molecule has 2 unspecified atom stereocenters. The van der Waals surface area contributed by atoms with Gasteiger partial charge in [-0.15, -0.1) is 0 Å². The standard InChI is InChI=1S/C30H27N3O3/c1-20(31-30(35)24-10-5-6-12-28(24)34)18-21-13-15-23(16-14-21)29-25(22-8-3-2-4-9-22)19-27-26(32-29)11-7-17-33(27)36/h2-16,19-20,33-34H,17-18H2,1H3,(H,31,35). The van der Waals surface area contributed by atoms with Gasteiger partial charge in [0.25, 0.3) is 5.91 Å². The van der Waals surface area contributed by atoms with Crippen molar-refractivity contribution < 1.29 is 15.0 Å². The summed E-state index contributed by atoms with van der Waals surface area (Å²) in [5, 5.41) is 25.5. The molecule has 1 aliphatic rings. The normalized spacial score (nSPS) is 15.2. The van der Waals surface area contributed by atoms with Crippen molar-refractivity contribution in [3.8, 4) is 28.1 Å². The second kappa shape index (κ2) is 10.2. The lowest BCUT2D eigenvalue weighted by Gasteiger charge is -2.26. The second-order valence-electron chi connectivity index (χ2n) is 9.01.